The molecule has 3 aromatic rings. The number of piperidine rings is 3. The molecular formula is C41H47N9O6. The van der Waals surface area contributed by atoms with E-state index in [2.05, 4.69) is 42.5 Å². The first kappa shape index (κ1) is 36.2. The second-order valence-corrected chi connectivity index (χ2v) is 16.4. The Hall–Kier alpha value is -5.41. The first-order chi connectivity index (χ1) is 27.1. The van der Waals surface area contributed by atoms with E-state index in [1.165, 1.54) is 5.56 Å². The standard InChI is InChI=1S/C41H47N9O6/c42-36(52)35-37(45-33(19-43-35)49-14-1-13-41(22-49)23-56-24-41)44-28-4-2-26(3-5-28)27-11-15-47(16-12-27)20-25-10-17-48(21-25)29-6-7-30-31(18-29)40(55)50(39(30)54)32-8-9-34(51)46-38(32)53/h2-7,18-19,25,27,32H,1,8-17,20-24H2,(H2,42,52)(H,44,45)(H,46,51,53)/t25-,32?/m1/s1. The highest BCUT2D eigenvalue weighted by atomic mass is 16.5. The minimum atomic E-state index is -0.970. The maximum atomic E-state index is 13.4. The van der Waals surface area contributed by atoms with Crippen LogP contribution in [0.4, 0.5) is 23.0 Å². The Labute approximate surface area is 324 Å². The molecule has 5 saturated heterocycles. The van der Waals surface area contributed by atoms with Crippen LogP contribution < -0.4 is 26.2 Å². The number of primary amides is 1. The summed E-state index contributed by atoms with van der Waals surface area (Å²) in [5, 5.41) is 5.56. The lowest BCUT2D eigenvalue weighted by atomic mass is 9.78. The van der Waals surface area contributed by atoms with Crippen LogP contribution in [0.15, 0.2) is 48.7 Å². The van der Waals surface area contributed by atoms with E-state index in [0.717, 1.165) is 113 Å². The Kier molecular flexibility index (Phi) is 9.44. The average molecular weight is 762 g/mol. The Morgan fingerprint density at radius 3 is 2.45 bits per heavy atom. The number of imide groups is 2. The number of aromatic nitrogens is 2. The van der Waals surface area contributed by atoms with Crippen molar-refractivity contribution in [3.63, 3.8) is 0 Å². The summed E-state index contributed by atoms with van der Waals surface area (Å²) >= 11 is 0. The molecule has 7 heterocycles. The maximum absolute atomic E-state index is 13.4. The molecule has 0 aliphatic carbocycles. The molecule has 1 aromatic heterocycles. The number of nitrogens with one attached hydrogen (secondary N) is 2. The van der Waals surface area contributed by atoms with Crippen molar-refractivity contribution in [2.75, 3.05) is 74.1 Å². The molecule has 1 unspecified atom stereocenters. The van der Waals surface area contributed by atoms with Gasteiger partial charge in [-0.05, 0) is 99.3 Å². The quantitative estimate of drug-likeness (QED) is 0.272. The molecule has 0 saturated carbocycles. The lowest BCUT2D eigenvalue weighted by Crippen LogP contribution is -2.54. The number of benzene rings is 2. The highest BCUT2D eigenvalue weighted by Crippen LogP contribution is 2.39. The van der Waals surface area contributed by atoms with Crippen LogP contribution in [-0.4, -0.2) is 114 Å². The molecule has 56 heavy (non-hydrogen) atoms. The number of carbonyl (C=O) groups is 5. The molecule has 4 N–H and O–H groups in total. The molecular weight excluding hydrogens is 715 g/mol. The SMILES string of the molecule is NC(=O)c1ncc(N2CCCC3(COC3)C2)nc1Nc1ccc(C2CCN(C[C@H]3CCN(c4ccc5c(c4)C(=O)N(C4CCC(=O)NC4=O)C5=O)C3)CC2)cc1. The number of carbonyl (C=O) groups excluding carboxylic acids is 5. The van der Waals surface area contributed by atoms with Crippen LogP contribution in [0.2, 0.25) is 0 Å². The van der Waals surface area contributed by atoms with Gasteiger partial charge in [0.15, 0.2) is 11.5 Å². The fourth-order valence-electron chi connectivity index (χ4n) is 9.49. The van der Waals surface area contributed by atoms with E-state index in [1.54, 1.807) is 18.3 Å². The molecule has 0 radical (unpaired) electrons. The smallest absolute Gasteiger partial charge is 0.271 e. The van der Waals surface area contributed by atoms with Gasteiger partial charge in [0.2, 0.25) is 11.8 Å². The molecule has 292 valence electrons. The maximum Gasteiger partial charge on any atom is 0.271 e. The number of likely N-dealkylation sites (tertiary alicyclic amines) is 1. The molecule has 6 aliphatic heterocycles. The van der Waals surface area contributed by atoms with Crippen molar-refractivity contribution < 1.29 is 28.7 Å². The van der Waals surface area contributed by atoms with Gasteiger partial charge in [-0.1, -0.05) is 12.1 Å². The molecule has 1 spiro atoms. The number of hydrogen-bond acceptors (Lipinski definition) is 12. The second-order valence-electron chi connectivity index (χ2n) is 16.4. The molecule has 2 aromatic carbocycles. The van der Waals surface area contributed by atoms with E-state index >= 15 is 0 Å². The number of fused-ring (bicyclic) bond motifs is 1. The van der Waals surface area contributed by atoms with Crippen LogP contribution in [0.1, 0.15) is 87.6 Å². The van der Waals surface area contributed by atoms with E-state index < -0.39 is 29.7 Å². The zero-order valence-corrected chi connectivity index (χ0v) is 31.4. The molecule has 2 atom stereocenters. The van der Waals surface area contributed by atoms with Crippen molar-refractivity contribution in [3.8, 4) is 0 Å². The third kappa shape index (κ3) is 6.87. The van der Waals surface area contributed by atoms with E-state index in [9.17, 15) is 24.0 Å². The van der Waals surface area contributed by atoms with Crippen molar-refractivity contribution in [1.82, 2.24) is 25.1 Å². The monoisotopic (exact) mass is 761 g/mol. The third-order valence-electron chi connectivity index (χ3n) is 12.6. The van der Waals surface area contributed by atoms with Crippen molar-refractivity contribution in [3.05, 3.63) is 71.0 Å². The highest BCUT2D eigenvalue weighted by molar-refractivity contribution is 6.23. The molecule has 6 aliphatic rings. The molecule has 15 heteroatoms. The predicted molar refractivity (Wildman–Crippen MR) is 207 cm³/mol. The topological polar surface area (TPSA) is 183 Å². The summed E-state index contributed by atoms with van der Waals surface area (Å²) in [4.78, 5) is 80.2. The average Bonchev–Trinajstić information content (AvgIpc) is 3.76. The zero-order valence-electron chi connectivity index (χ0n) is 31.4. The number of hydrogen-bond donors (Lipinski definition) is 3. The molecule has 5 amide bonds. The summed E-state index contributed by atoms with van der Waals surface area (Å²) in [6, 6.07) is 12.8. The van der Waals surface area contributed by atoms with E-state index in [-0.39, 0.29) is 29.9 Å². The number of ether oxygens (including phenoxy) is 1. The lowest BCUT2D eigenvalue weighted by molar-refractivity contribution is -0.136. The van der Waals surface area contributed by atoms with Crippen LogP contribution in [0.25, 0.3) is 0 Å². The first-order valence-corrected chi connectivity index (χ1v) is 19.8. The van der Waals surface area contributed by atoms with Gasteiger partial charge in [-0.15, -0.1) is 0 Å². The number of nitrogens with two attached hydrogens (primary N) is 1. The van der Waals surface area contributed by atoms with Crippen molar-refractivity contribution in [2.45, 2.75) is 56.9 Å². The number of anilines is 4. The van der Waals surface area contributed by atoms with E-state index in [0.29, 0.717) is 28.8 Å². The first-order valence-electron chi connectivity index (χ1n) is 19.8. The summed E-state index contributed by atoms with van der Waals surface area (Å²) in [7, 11) is 0. The van der Waals surface area contributed by atoms with Crippen LogP contribution in [0, 0.1) is 11.3 Å². The van der Waals surface area contributed by atoms with Gasteiger partial charge in [0.1, 0.15) is 11.9 Å². The zero-order chi connectivity index (χ0) is 38.6. The number of nitrogens with zero attached hydrogens (tertiary/aromatic N) is 6. The minimum absolute atomic E-state index is 0.0947. The van der Waals surface area contributed by atoms with Gasteiger partial charge >= 0.3 is 0 Å². The summed E-state index contributed by atoms with van der Waals surface area (Å²) in [6.45, 7) is 8.07. The van der Waals surface area contributed by atoms with Crippen LogP contribution >= 0.6 is 0 Å². The second kappa shape index (κ2) is 14.6. The number of rotatable bonds is 9. The Balaban J connectivity index is 0.774. The van der Waals surface area contributed by atoms with Gasteiger partial charge in [-0.2, -0.15) is 0 Å². The lowest BCUT2D eigenvalue weighted by Gasteiger charge is -2.48. The highest BCUT2D eigenvalue weighted by Gasteiger charge is 2.45. The summed E-state index contributed by atoms with van der Waals surface area (Å²) in [5.74, 6) is -0.545. The molecule has 15 nitrogen and oxygen atoms in total. The molecule has 5 fully saturated rings. The fourth-order valence-corrected chi connectivity index (χ4v) is 9.49. The largest absolute Gasteiger partial charge is 0.380 e. The van der Waals surface area contributed by atoms with Gasteiger partial charge in [-0.3, -0.25) is 34.2 Å². The fraction of sp³-hybridized carbons (Fsp3) is 0.488. The molecule has 0 bridgehead atoms. The number of amides is 5. The van der Waals surface area contributed by atoms with Gasteiger partial charge in [-0.25, -0.2) is 9.97 Å². The molecule has 9 rings (SSSR count). The van der Waals surface area contributed by atoms with Gasteiger partial charge in [0.05, 0.1) is 30.5 Å². The van der Waals surface area contributed by atoms with E-state index in [1.807, 2.05) is 18.2 Å². The van der Waals surface area contributed by atoms with Crippen molar-refractivity contribution >= 4 is 52.5 Å². The predicted octanol–water partition coefficient (Wildman–Crippen LogP) is 3.04. The van der Waals surface area contributed by atoms with Crippen LogP contribution in [-0.2, 0) is 14.3 Å². The van der Waals surface area contributed by atoms with E-state index in [4.69, 9.17) is 15.5 Å². The Bertz CT molecular complexity index is 2080. The van der Waals surface area contributed by atoms with Gasteiger partial charge in [0, 0.05) is 55.9 Å². The Morgan fingerprint density at radius 2 is 1.71 bits per heavy atom. The van der Waals surface area contributed by atoms with Crippen LogP contribution in [0.5, 0.6) is 0 Å². The van der Waals surface area contributed by atoms with Crippen LogP contribution in [0.3, 0.4) is 0 Å². The third-order valence-corrected chi connectivity index (χ3v) is 12.6. The summed E-state index contributed by atoms with van der Waals surface area (Å²) in [6.07, 6.45) is 7.26. The normalized spacial score (nSPS) is 24.0. The van der Waals surface area contributed by atoms with Gasteiger partial charge < -0.3 is 30.5 Å². The van der Waals surface area contributed by atoms with Gasteiger partial charge in [0.25, 0.3) is 17.7 Å². The minimum Gasteiger partial charge on any atom is -0.380 e. The summed E-state index contributed by atoms with van der Waals surface area (Å²) < 4.78 is 5.52. The van der Waals surface area contributed by atoms with Crippen molar-refractivity contribution in [1.29, 1.82) is 0 Å². The van der Waals surface area contributed by atoms with Crippen molar-refractivity contribution in [2.24, 2.45) is 17.1 Å². The Morgan fingerprint density at radius 1 is 0.929 bits per heavy atom. The summed E-state index contributed by atoms with van der Waals surface area (Å²) in [5.41, 5.74) is 9.62.